The van der Waals surface area contributed by atoms with Gasteiger partial charge >= 0.3 is 6.18 Å². The smallest absolute Gasteiger partial charge is 0.433 e. The van der Waals surface area contributed by atoms with Gasteiger partial charge in [0, 0.05) is 39.3 Å². The number of nitrogens with zero attached hydrogens (tertiary/aromatic N) is 7. The van der Waals surface area contributed by atoms with Gasteiger partial charge in [0.15, 0.2) is 17.2 Å². The number of aliphatic imine (C=N–C) groups is 1. The molecule has 3 aromatic rings. The van der Waals surface area contributed by atoms with Crippen molar-refractivity contribution in [1.29, 1.82) is 5.26 Å². The molecule has 1 fully saturated rings. The average Bonchev–Trinajstić information content (AvgIpc) is 3.49. The molecule has 0 spiro atoms. The van der Waals surface area contributed by atoms with E-state index in [-0.39, 0.29) is 51.7 Å². The van der Waals surface area contributed by atoms with Gasteiger partial charge in [-0.3, -0.25) is 9.48 Å². The number of imidazole rings is 1. The summed E-state index contributed by atoms with van der Waals surface area (Å²) in [5, 5.41) is 19.5. The van der Waals surface area contributed by atoms with Gasteiger partial charge in [-0.2, -0.15) is 28.5 Å². The molecule has 1 aliphatic heterocycles. The van der Waals surface area contributed by atoms with Gasteiger partial charge in [-0.1, -0.05) is 0 Å². The van der Waals surface area contributed by atoms with Gasteiger partial charge in [-0.25, -0.2) is 9.98 Å². The number of aromatic nitrogens is 5. The highest BCUT2D eigenvalue weighted by Crippen LogP contribution is 2.36. The molecule has 0 atom stereocenters. The Morgan fingerprint density at radius 3 is 2.70 bits per heavy atom. The number of hydrogen-bond donors (Lipinski definition) is 2. The maximum absolute atomic E-state index is 13.8. The van der Waals surface area contributed by atoms with Crippen molar-refractivity contribution in [2.45, 2.75) is 38.9 Å². The number of nitriles is 1. The summed E-state index contributed by atoms with van der Waals surface area (Å²) in [5.74, 6) is 0.173. The highest BCUT2D eigenvalue weighted by Gasteiger charge is 2.38. The molecular weight excluding hydrogens is 531 g/mol. The Balaban J connectivity index is 1.68. The molecule has 210 valence electrons. The number of halogens is 3. The van der Waals surface area contributed by atoms with Crippen LogP contribution >= 0.6 is 0 Å². The molecule has 3 aromatic heterocycles. The minimum atomic E-state index is -4.61. The quantitative estimate of drug-likeness (QED) is 0.239. The fourth-order valence-electron chi connectivity index (χ4n) is 4.18. The number of carbonyl (C=O) groups excluding carboxylic acids is 1. The van der Waals surface area contributed by atoms with E-state index in [1.165, 1.54) is 23.8 Å². The second-order valence-corrected chi connectivity index (χ2v) is 8.76. The number of anilines is 2. The van der Waals surface area contributed by atoms with Gasteiger partial charge in [-0.15, -0.1) is 0 Å². The van der Waals surface area contributed by atoms with Gasteiger partial charge < -0.3 is 24.7 Å². The lowest BCUT2D eigenvalue weighted by Crippen LogP contribution is -2.25. The zero-order valence-electron chi connectivity index (χ0n) is 21.9. The van der Waals surface area contributed by atoms with Crippen molar-refractivity contribution in [1.82, 2.24) is 29.6 Å². The summed E-state index contributed by atoms with van der Waals surface area (Å²) in [4.78, 5) is 23.7. The number of alkyl halides is 3. The molecular formula is C25H26F3N9O3. The molecule has 0 unspecified atom stereocenters. The van der Waals surface area contributed by atoms with Crippen molar-refractivity contribution in [3.8, 4) is 11.8 Å². The summed E-state index contributed by atoms with van der Waals surface area (Å²) in [7, 11) is 1.58. The van der Waals surface area contributed by atoms with Crippen LogP contribution in [0.15, 0.2) is 41.0 Å². The third-order valence-corrected chi connectivity index (χ3v) is 6.04. The van der Waals surface area contributed by atoms with E-state index < -0.39 is 17.9 Å². The van der Waals surface area contributed by atoms with Crippen LogP contribution in [0.25, 0.3) is 11.2 Å². The molecule has 40 heavy (non-hydrogen) atoms. The molecule has 4 heterocycles. The first-order valence-electron chi connectivity index (χ1n) is 12.1. The highest BCUT2D eigenvalue weighted by atomic mass is 19.4. The number of carbonyl (C=O) groups is 1. The molecule has 1 saturated heterocycles. The first-order valence-corrected chi connectivity index (χ1v) is 12.1. The second kappa shape index (κ2) is 11.6. The Morgan fingerprint density at radius 1 is 1.38 bits per heavy atom. The normalized spacial score (nSPS) is 15.1. The monoisotopic (exact) mass is 557 g/mol. The first-order chi connectivity index (χ1) is 19.0. The second-order valence-electron chi connectivity index (χ2n) is 8.76. The molecule has 4 rings (SSSR count). The highest BCUT2D eigenvalue weighted by molar-refractivity contribution is 5.84. The molecule has 2 N–H and O–H groups in total. The summed E-state index contributed by atoms with van der Waals surface area (Å²) in [6.45, 7) is 7.10. The number of allylic oxidation sites excluding steroid dienone is 2. The molecule has 12 nitrogen and oxygen atoms in total. The van der Waals surface area contributed by atoms with Crippen LogP contribution in [0.5, 0.6) is 5.75 Å². The van der Waals surface area contributed by atoms with E-state index >= 15 is 0 Å². The minimum Gasteiger partial charge on any atom is -0.454 e. The number of ether oxygens (including phenoxy) is 2. The SMILES string of the molecule is C=N/C(=C\C(=C/C)Oc1cnc2nc(Nc3cc(C(F)(F)F)n(C4CCOCC4)n3)n(C)c2c1C#N)NC(C)=O. The van der Waals surface area contributed by atoms with Crippen molar-refractivity contribution < 1.29 is 27.4 Å². The lowest BCUT2D eigenvalue weighted by atomic mass is 10.1. The summed E-state index contributed by atoms with van der Waals surface area (Å²) >= 11 is 0. The van der Waals surface area contributed by atoms with E-state index in [1.807, 2.05) is 0 Å². The van der Waals surface area contributed by atoms with Crippen LogP contribution in [0.4, 0.5) is 24.9 Å². The Bertz CT molecular complexity index is 1540. The summed E-state index contributed by atoms with van der Waals surface area (Å²) < 4.78 is 55.0. The van der Waals surface area contributed by atoms with Crippen molar-refractivity contribution in [3.63, 3.8) is 0 Å². The molecule has 0 aromatic carbocycles. The van der Waals surface area contributed by atoms with Gasteiger partial charge in [0.2, 0.25) is 11.9 Å². The van der Waals surface area contributed by atoms with Crippen LogP contribution in [-0.4, -0.2) is 50.2 Å². The Labute approximate surface area is 226 Å². The summed E-state index contributed by atoms with van der Waals surface area (Å²) in [5.41, 5.74) is -0.354. The number of pyridine rings is 1. The van der Waals surface area contributed by atoms with E-state index in [4.69, 9.17) is 9.47 Å². The number of nitrogens with one attached hydrogen (secondary N) is 2. The van der Waals surface area contributed by atoms with Gasteiger partial charge in [0.25, 0.3) is 0 Å². The van der Waals surface area contributed by atoms with Crippen molar-refractivity contribution in [2.75, 3.05) is 18.5 Å². The molecule has 0 radical (unpaired) electrons. The van der Waals surface area contributed by atoms with E-state index in [0.29, 0.717) is 26.1 Å². The first kappa shape index (κ1) is 28.3. The molecule has 15 heteroatoms. The lowest BCUT2D eigenvalue weighted by Gasteiger charge is -2.24. The number of hydrogen-bond acceptors (Lipinski definition) is 9. The molecule has 0 saturated carbocycles. The number of rotatable bonds is 8. The maximum atomic E-state index is 13.8. The van der Waals surface area contributed by atoms with Crippen molar-refractivity contribution in [3.05, 3.63) is 47.3 Å². The van der Waals surface area contributed by atoms with Crippen molar-refractivity contribution >= 4 is 35.6 Å². The molecule has 0 bridgehead atoms. The van der Waals surface area contributed by atoms with Crippen LogP contribution in [-0.2, 0) is 22.8 Å². The fourth-order valence-corrected chi connectivity index (χ4v) is 4.18. The van der Waals surface area contributed by atoms with Gasteiger partial charge in [0.05, 0.1) is 12.2 Å². The number of amides is 1. The lowest BCUT2D eigenvalue weighted by molar-refractivity contribution is -0.145. The largest absolute Gasteiger partial charge is 0.454 e. The van der Waals surface area contributed by atoms with Crippen molar-refractivity contribution in [2.24, 2.45) is 12.0 Å². The van der Waals surface area contributed by atoms with E-state index in [9.17, 15) is 23.2 Å². The summed E-state index contributed by atoms with van der Waals surface area (Å²) in [6.07, 6.45) is 0.514. The van der Waals surface area contributed by atoms with Gasteiger partial charge in [0.1, 0.15) is 34.4 Å². The Morgan fingerprint density at radius 2 is 2.10 bits per heavy atom. The fraction of sp³-hybridized carbons (Fsp3) is 0.360. The average molecular weight is 558 g/mol. The summed E-state index contributed by atoms with van der Waals surface area (Å²) in [6, 6.07) is 2.54. The molecule has 0 aliphatic carbocycles. The van der Waals surface area contributed by atoms with Gasteiger partial charge in [-0.05, 0) is 32.6 Å². The predicted octanol–water partition coefficient (Wildman–Crippen LogP) is 4.11. The predicted molar refractivity (Wildman–Crippen MR) is 139 cm³/mol. The van der Waals surface area contributed by atoms with E-state index in [1.54, 1.807) is 20.0 Å². The Hall–Kier alpha value is -4.71. The standard InChI is InChI=1S/C25H26F3N9O3/c1-5-16(10-20(30-3)32-14(2)38)40-18-13-31-23-22(17(18)12-29)36(4)24(34-23)33-21-11-19(25(26,27)28)37(35-21)15-6-8-39-9-7-15/h5,10-11,13,15H,3,6-9H2,1-2,4H3,(H,32,38)(H,31,33,34,35)/b16-5+,20-10+. The number of aryl methyl sites for hydroxylation is 1. The maximum Gasteiger partial charge on any atom is 0.433 e. The van der Waals surface area contributed by atoms with Crippen LogP contribution in [0.1, 0.15) is 44.0 Å². The number of fused-ring (bicyclic) bond motifs is 1. The molecule has 1 amide bonds. The zero-order chi connectivity index (χ0) is 29.0. The van der Waals surface area contributed by atoms with Crippen LogP contribution in [0, 0.1) is 11.3 Å². The zero-order valence-corrected chi connectivity index (χ0v) is 21.9. The Kier molecular flexibility index (Phi) is 8.19. The third-order valence-electron chi connectivity index (χ3n) is 6.04. The van der Waals surface area contributed by atoms with Crippen LogP contribution in [0.2, 0.25) is 0 Å². The third kappa shape index (κ3) is 5.96. The minimum absolute atomic E-state index is 0.0593. The van der Waals surface area contributed by atoms with E-state index in [2.05, 4.69) is 43.5 Å². The van der Waals surface area contributed by atoms with Crippen LogP contribution in [0.3, 0.4) is 0 Å². The van der Waals surface area contributed by atoms with E-state index in [0.717, 1.165) is 10.7 Å². The topological polar surface area (TPSA) is 144 Å². The molecule has 1 aliphatic rings. The van der Waals surface area contributed by atoms with Crippen LogP contribution < -0.4 is 15.4 Å².